The first-order valence-electron chi connectivity index (χ1n) is 11.9. The largest absolute Gasteiger partial charge is 0.365 e. The molecule has 2 atom stereocenters. The van der Waals surface area contributed by atoms with Crippen LogP contribution < -0.4 is 15.1 Å². The molecule has 4 nitrogen and oxygen atoms in total. The number of anilines is 2. The Kier molecular flexibility index (Phi) is 5.89. The number of aromatic nitrogens is 1. The van der Waals surface area contributed by atoms with Crippen molar-refractivity contribution in [3.05, 3.63) is 93.8 Å². The number of allylic oxidation sites excluding steroid dienone is 1. The predicted molar refractivity (Wildman–Crippen MR) is 151 cm³/mol. The summed E-state index contributed by atoms with van der Waals surface area (Å²) < 4.78 is 0. The lowest BCUT2D eigenvalue weighted by atomic mass is 9.86. The van der Waals surface area contributed by atoms with Crippen LogP contribution in [0.3, 0.4) is 0 Å². The van der Waals surface area contributed by atoms with Crippen LogP contribution in [0.2, 0.25) is 5.02 Å². The van der Waals surface area contributed by atoms with Gasteiger partial charge in [0.05, 0.1) is 23.3 Å². The number of halogens is 1. The summed E-state index contributed by atoms with van der Waals surface area (Å²) in [6, 6.07) is 16.6. The first kappa shape index (κ1) is 23.8. The Morgan fingerprint density at radius 2 is 1.74 bits per heavy atom. The Morgan fingerprint density at radius 1 is 1.03 bits per heavy atom. The van der Waals surface area contributed by atoms with Crippen molar-refractivity contribution in [2.24, 2.45) is 0 Å². The van der Waals surface area contributed by atoms with Gasteiger partial charge in [0.25, 0.3) is 0 Å². The van der Waals surface area contributed by atoms with Crippen molar-refractivity contribution < 1.29 is 0 Å². The van der Waals surface area contributed by atoms with E-state index in [-0.39, 0.29) is 17.6 Å². The number of nitrogens with one attached hydrogen (secondary N) is 1. The van der Waals surface area contributed by atoms with E-state index in [9.17, 15) is 0 Å². The fourth-order valence-corrected chi connectivity index (χ4v) is 6.07. The first-order chi connectivity index (χ1) is 16.6. The number of rotatable bonds is 3. The topological polar surface area (TPSA) is 31.4 Å². The summed E-state index contributed by atoms with van der Waals surface area (Å²) in [5, 5.41) is 4.96. The number of aryl methyl sites for hydroxylation is 2. The van der Waals surface area contributed by atoms with E-state index in [0.717, 1.165) is 27.7 Å². The molecule has 180 valence electrons. The van der Waals surface area contributed by atoms with Crippen LogP contribution in [-0.2, 0) is 0 Å². The van der Waals surface area contributed by atoms with Gasteiger partial charge in [-0.3, -0.25) is 4.98 Å². The summed E-state index contributed by atoms with van der Waals surface area (Å²) in [6.07, 6.45) is 4.15. The van der Waals surface area contributed by atoms with E-state index in [1.54, 1.807) is 0 Å². The van der Waals surface area contributed by atoms with Gasteiger partial charge in [-0.15, -0.1) is 0 Å². The van der Waals surface area contributed by atoms with Crippen LogP contribution in [-0.4, -0.2) is 22.7 Å². The van der Waals surface area contributed by atoms with Gasteiger partial charge in [0.1, 0.15) is 0 Å². The minimum atomic E-state index is -0.149. The molecule has 1 saturated heterocycles. The van der Waals surface area contributed by atoms with Crippen molar-refractivity contribution in [2.45, 2.75) is 52.2 Å². The number of hydrogen-bond acceptors (Lipinski definition) is 3. The number of nitrogens with zero attached hydrogens (tertiary/aromatic N) is 3. The highest BCUT2D eigenvalue weighted by Gasteiger charge is 2.42. The zero-order chi connectivity index (χ0) is 25.1. The first-order valence-corrected chi connectivity index (χ1v) is 12.7. The number of hydrogen-bond donors (Lipinski definition) is 1. The van der Waals surface area contributed by atoms with Crippen molar-refractivity contribution in [1.29, 1.82) is 0 Å². The van der Waals surface area contributed by atoms with E-state index in [1.807, 2.05) is 24.4 Å². The van der Waals surface area contributed by atoms with Gasteiger partial charge in [-0.1, -0.05) is 29.8 Å². The zero-order valence-electron chi connectivity index (χ0n) is 21.1. The second-order valence-corrected chi connectivity index (χ2v) is 11.1. The lowest BCUT2D eigenvalue weighted by molar-refractivity contribution is 0.566. The van der Waals surface area contributed by atoms with Crippen molar-refractivity contribution in [1.82, 2.24) is 10.3 Å². The van der Waals surface area contributed by atoms with E-state index in [4.69, 9.17) is 23.8 Å². The van der Waals surface area contributed by atoms with Crippen LogP contribution in [0.5, 0.6) is 0 Å². The van der Waals surface area contributed by atoms with Crippen LogP contribution in [0, 0.1) is 13.8 Å². The second kappa shape index (κ2) is 8.65. The van der Waals surface area contributed by atoms with E-state index in [2.05, 4.69) is 98.2 Å². The summed E-state index contributed by atoms with van der Waals surface area (Å²) in [5.41, 5.74) is 8.93. The third-order valence-electron chi connectivity index (χ3n) is 7.24. The molecule has 0 aliphatic carbocycles. The highest BCUT2D eigenvalue weighted by atomic mass is 35.5. The smallest absolute Gasteiger partial charge is 0.174 e. The molecular formula is C29H31ClN4S. The molecule has 35 heavy (non-hydrogen) atoms. The lowest BCUT2D eigenvalue weighted by Gasteiger charge is -2.41. The number of pyridine rings is 1. The Bertz CT molecular complexity index is 1330. The van der Waals surface area contributed by atoms with Crippen LogP contribution in [0.4, 0.5) is 11.4 Å². The fourth-order valence-electron chi connectivity index (χ4n) is 5.45. The molecule has 0 bridgehead atoms. The molecular weight excluding hydrogens is 472 g/mol. The van der Waals surface area contributed by atoms with Crippen molar-refractivity contribution in [3.63, 3.8) is 0 Å². The zero-order valence-corrected chi connectivity index (χ0v) is 22.6. The molecule has 5 rings (SSSR count). The summed E-state index contributed by atoms with van der Waals surface area (Å²) in [6.45, 7) is 10.9. The molecule has 0 amide bonds. The molecule has 1 N–H and O–H groups in total. The average molecular weight is 503 g/mol. The molecule has 2 aliphatic heterocycles. The van der Waals surface area contributed by atoms with Gasteiger partial charge in [0, 0.05) is 35.2 Å². The van der Waals surface area contributed by atoms with Crippen LogP contribution >= 0.6 is 23.8 Å². The van der Waals surface area contributed by atoms with E-state index in [1.165, 1.54) is 22.3 Å². The Labute approximate surface area is 218 Å². The molecule has 2 aromatic carbocycles. The molecule has 2 aliphatic rings. The van der Waals surface area contributed by atoms with Crippen LogP contribution in [0.15, 0.2) is 60.8 Å². The average Bonchev–Trinajstić information content (AvgIpc) is 3.14. The predicted octanol–water partition coefficient (Wildman–Crippen LogP) is 7.16. The molecule has 0 saturated carbocycles. The number of likely N-dealkylation sites (N-methyl/N-ethyl adjacent to an activating group) is 1. The standard InChI is InChI=1S/C29H31ClN4S/c1-17-11-18(2)13-20(12-17)34-27(26(32-28(34)35)24-9-7-8-10-31-24)22-14-21-19(3)16-29(4,5)33(6)25(21)15-23(22)30/h7-16,26-27H,1-6H3,(H,32,35). The van der Waals surface area contributed by atoms with Crippen molar-refractivity contribution >= 4 is 45.9 Å². The highest BCUT2D eigenvalue weighted by Crippen LogP contribution is 2.48. The monoisotopic (exact) mass is 502 g/mol. The van der Waals surface area contributed by atoms with Crippen molar-refractivity contribution in [3.8, 4) is 0 Å². The molecule has 2 unspecified atom stereocenters. The van der Waals surface area contributed by atoms with Crippen LogP contribution in [0.25, 0.3) is 5.57 Å². The third kappa shape index (κ3) is 4.11. The van der Waals surface area contributed by atoms with E-state index < -0.39 is 0 Å². The SMILES string of the molecule is CC1=CC(C)(C)N(C)c2cc(Cl)c(C3C(c4ccccn4)NC(=S)N3c3cc(C)cc(C)c3)cc21. The van der Waals surface area contributed by atoms with E-state index in [0.29, 0.717) is 5.11 Å². The van der Waals surface area contributed by atoms with Gasteiger partial charge in [0.15, 0.2) is 5.11 Å². The van der Waals surface area contributed by atoms with E-state index >= 15 is 0 Å². The minimum absolute atomic E-state index is 0.0833. The van der Waals surface area contributed by atoms with Gasteiger partial charge in [-0.2, -0.15) is 0 Å². The maximum Gasteiger partial charge on any atom is 0.174 e. The van der Waals surface area contributed by atoms with Gasteiger partial charge in [-0.25, -0.2) is 0 Å². The lowest BCUT2D eigenvalue weighted by Crippen LogP contribution is -2.42. The summed E-state index contributed by atoms with van der Waals surface area (Å²) in [5.74, 6) is 0. The second-order valence-electron chi connectivity index (χ2n) is 10.3. The fraction of sp³-hybridized carbons (Fsp3) is 0.310. The molecule has 1 aromatic heterocycles. The maximum atomic E-state index is 7.10. The summed E-state index contributed by atoms with van der Waals surface area (Å²) in [4.78, 5) is 9.18. The third-order valence-corrected chi connectivity index (χ3v) is 7.88. The maximum absolute atomic E-state index is 7.10. The molecule has 3 aromatic rings. The van der Waals surface area contributed by atoms with Gasteiger partial charge < -0.3 is 15.1 Å². The number of benzene rings is 2. The number of fused-ring (bicyclic) bond motifs is 1. The summed E-state index contributed by atoms with van der Waals surface area (Å²) in [7, 11) is 2.13. The quantitative estimate of drug-likeness (QED) is 0.384. The molecule has 1 fully saturated rings. The van der Waals surface area contributed by atoms with Gasteiger partial charge in [-0.05, 0) is 105 Å². The molecule has 0 radical (unpaired) electrons. The molecule has 3 heterocycles. The Balaban J connectivity index is 1.72. The van der Waals surface area contributed by atoms with Crippen LogP contribution in [0.1, 0.15) is 60.8 Å². The molecule has 6 heteroatoms. The molecule has 0 spiro atoms. The van der Waals surface area contributed by atoms with Crippen molar-refractivity contribution in [2.75, 3.05) is 16.8 Å². The normalized spacial score (nSPS) is 21.0. The summed E-state index contributed by atoms with van der Waals surface area (Å²) >= 11 is 13.0. The Morgan fingerprint density at radius 3 is 2.40 bits per heavy atom. The van der Waals surface area contributed by atoms with Gasteiger partial charge in [0.2, 0.25) is 0 Å². The highest BCUT2D eigenvalue weighted by molar-refractivity contribution is 7.80. The van der Waals surface area contributed by atoms with Gasteiger partial charge >= 0.3 is 0 Å². The minimum Gasteiger partial charge on any atom is -0.365 e. The Hall–Kier alpha value is -2.89. The number of thiocarbonyl (C=S) groups is 1.